The molecule has 0 aliphatic rings. The largest absolute Gasteiger partial charge is 0.355 e. The van der Waals surface area contributed by atoms with Crippen LogP contribution in [0.4, 0.5) is 0 Å². The molecule has 0 heterocycles. The zero-order valence-electron chi connectivity index (χ0n) is 15.7. The molecule has 2 heteroatoms. The summed E-state index contributed by atoms with van der Waals surface area (Å²) >= 11 is 0. The number of carbonyl (C=O) groups excluding carboxylic acids is 1. The number of hydrogen-bond acceptors (Lipinski definition) is 1. The van der Waals surface area contributed by atoms with Crippen molar-refractivity contribution in [2.24, 2.45) is 23.7 Å². The van der Waals surface area contributed by atoms with Gasteiger partial charge in [0.05, 0.1) is 6.42 Å². The van der Waals surface area contributed by atoms with Crippen molar-refractivity contribution in [2.45, 2.75) is 98.8 Å². The van der Waals surface area contributed by atoms with E-state index in [-0.39, 0.29) is 12.3 Å². The van der Waals surface area contributed by atoms with E-state index in [1.54, 1.807) is 0 Å². The highest BCUT2D eigenvalue weighted by Gasteiger charge is 2.10. The highest BCUT2D eigenvalue weighted by atomic mass is 16.4. The van der Waals surface area contributed by atoms with Crippen LogP contribution in [0.1, 0.15) is 98.8 Å². The van der Waals surface area contributed by atoms with Gasteiger partial charge in [0.25, 0.3) is 0 Å². The first-order chi connectivity index (χ1) is 10.3. The lowest BCUT2D eigenvalue weighted by Gasteiger charge is -2.15. The molecule has 0 bridgehead atoms. The fraction of sp³-hybridized carbons (Fsp3) is 0.950. The Morgan fingerprint density at radius 2 is 1.00 bits per heavy atom. The molecule has 131 valence electrons. The first-order valence-electron chi connectivity index (χ1n) is 9.51. The molecule has 0 saturated carbocycles. The van der Waals surface area contributed by atoms with Crippen molar-refractivity contribution >= 4 is 5.97 Å². The van der Waals surface area contributed by atoms with Crippen molar-refractivity contribution in [1.82, 2.24) is 0 Å². The molecule has 0 spiro atoms. The van der Waals surface area contributed by atoms with E-state index >= 15 is 0 Å². The summed E-state index contributed by atoms with van der Waals surface area (Å²) in [5.74, 6) is 1.84. The van der Waals surface area contributed by atoms with Crippen LogP contribution in [-0.4, -0.2) is 5.97 Å². The van der Waals surface area contributed by atoms with Crippen molar-refractivity contribution in [3.63, 3.8) is 0 Å². The third kappa shape index (κ3) is 14.4. The molecule has 0 saturated heterocycles. The normalized spacial score (nSPS) is 15.7. The van der Waals surface area contributed by atoms with E-state index in [4.69, 9.17) is 0 Å². The fourth-order valence-corrected chi connectivity index (χ4v) is 3.18. The fourth-order valence-electron chi connectivity index (χ4n) is 3.18. The van der Waals surface area contributed by atoms with Crippen LogP contribution in [0.3, 0.4) is 0 Å². The molecular formula is C20H39O2. The summed E-state index contributed by atoms with van der Waals surface area (Å²) in [6, 6.07) is 0. The summed E-state index contributed by atoms with van der Waals surface area (Å²) in [6.45, 7) is 11.4. The average Bonchev–Trinajstić information content (AvgIpc) is 2.37. The Kier molecular flexibility index (Phi) is 12.6. The zero-order valence-corrected chi connectivity index (χ0v) is 15.7. The molecule has 0 aromatic rings. The second-order valence-electron chi connectivity index (χ2n) is 8.08. The van der Waals surface area contributed by atoms with Gasteiger partial charge in [-0.2, -0.15) is 0 Å². The summed E-state index contributed by atoms with van der Waals surface area (Å²) in [5, 5.41) is 10.5. The second kappa shape index (κ2) is 13.0. The molecular weight excluding hydrogens is 272 g/mol. The Bertz CT molecular complexity index is 273. The minimum Gasteiger partial charge on any atom is -0.247 e. The van der Waals surface area contributed by atoms with Crippen molar-refractivity contribution in [3.05, 3.63) is 0 Å². The molecule has 1 radical (unpaired) electrons. The highest BCUT2D eigenvalue weighted by molar-refractivity contribution is 5.66. The molecule has 0 aliphatic heterocycles. The van der Waals surface area contributed by atoms with Gasteiger partial charge in [-0.1, -0.05) is 92.4 Å². The van der Waals surface area contributed by atoms with Gasteiger partial charge in [0.1, 0.15) is 0 Å². The van der Waals surface area contributed by atoms with Crippen LogP contribution in [0.25, 0.3) is 0 Å². The lowest BCUT2D eigenvalue weighted by molar-refractivity contribution is -0.144. The third-order valence-electron chi connectivity index (χ3n) is 4.78. The van der Waals surface area contributed by atoms with Gasteiger partial charge in [-0.05, 0) is 23.7 Å². The van der Waals surface area contributed by atoms with E-state index in [1.807, 2.05) is 6.92 Å². The van der Waals surface area contributed by atoms with Crippen LogP contribution in [0.5, 0.6) is 0 Å². The maximum absolute atomic E-state index is 10.5. The molecule has 0 amide bonds. The third-order valence-corrected chi connectivity index (χ3v) is 4.78. The monoisotopic (exact) mass is 311 g/mol. The van der Waals surface area contributed by atoms with Crippen LogP contribution in [0, 0.1) is 23.7 Å². The first kappa shape index (κ1) is 21.5. The summed E-state index contributed by atoms with van der Waals surface area (Å²) in [5.41, 5.74) is 0. The van der Waals surface area contributed by atoms with E-state index in [2.05, 4.69) is 27.7 Å². The molecule has 2 nitrogen and oxygen atoms in total. The molecule has 0 N–H and O–H groups in total. The molecule has 22 heavy (non-hydrogen) atoms. The molecule has 3 unspecified atom stereocenters. The van der Waals surface area contributed by atoms with Gasteiger partial charge in [-0.25, -0.2) is 9.90 Å². The average molecular weight is 312 g/mol. The maximum atomic E-state index is 10.5. The lowest BCUT2D eigenvalue weighted by Crippen LogP contribution is -2.04. The van der Waals surface area contributed by atoms with Crippen molar-refractivity contribution in [3.8, 4) is 0 Å². The number of carbonyl (C=O) groups is 1. The molecule has 0 aromatic carbocycles. The van der Waals surface area contributed by atoms with Gasteiger partial charge < -0.3 is 0 Å². The molecule has 0 aliphatic carbocycles. The van der Waals surface area contributed by atoms with Crippen molar-refractivity contribution < 1.29 is 9.90 Å². The molecule has 0 aromatic heterocycles. The Morgan fingerprint density at radius 1 is 0.636 bits per heavy atom. The van der Waals surface area contributed by atoms with Crippen LogP contribution < -0.4 is 0 Å². The van der Waals surface area contributed by atoms with E-state index in [0.29, 0.717) is 0 Å². The van der Waals surface area contributed by atoms with Crippen LogP contribution >= 0.6 is 0 Å². The minimum absolute atomic E-state index is 0.211. The second-order valence-corrected chi connectivity index (χ2v) is 8.08. The predicted octanol–water partition coefficient (Wildman–Crippen LogP) is 6.41. The summed E-state index contributed by atoms with van der Waals surface area (Å²) in [6.07, 6.45) is 11.8. The lowest BCUT2D eigenvalue weighted by atomic mass is 9.91. The molecule has 0 rings (SSSR count). The smallest absolute Gasteiger partial charge is 0.247 e. The standard InChI is InChI=1S/C20H39O2/c1-16(2)9-6-10-17(3)11-7-12-18(4)13-8-14-19(5)15-20(21)22/h16-19H,6-15H2,1-5H3. The summed E-state index contributed by atoms with van der Waals surface area (Å²) in [7, 11) is 0. The minimum atomic E-state index is -0.910. The Labute approximate surface area is 139 Å². The quantitative estimate of drug-likeness (QED) is 0.365. The molecule has 0 fully saturated rings. The Morgan fingerprint density at radius 3 is 1.36 bits per heavy atom. The SMILES string of the molecule is CC(C)CCCC(C)CCCC(C)CCCC(C)CC([O])=O. The van der Waals surface area contributed by atoms with E-state index in [0.717, 1.165) is 30.6 Å². The van der Waals surface area contributed by atoms with E-state index in [1.165, 1.54) is 44.9 Å². The van der Waals surface area contributed by atoms with E-state index < -0.39 is 5.97 Å². The van der Waals surface area contributed by atoms with Crippen molar-refractivity contribution in [2.75, 3.05) is 0 Å². The Hall–Kier alpha value is -0.530. The van der Waals surface area contributed by atoms with Gasteiger partial charge >= 0.3 is 5.97 Å². The highest BCUT2D eigenvalue weighted by Crippen LogP contribution is 2.22. The van der Waals surface area contributed by atoms with Gasteiger partial charge in [0.2, 0.25) is 0 Å². The summed E-state index contributed by atoms with van der Waals surface area (Å²) in [4.78, 5) is 10.5. The Balaban J connectivity index is 3.52. The van der Waals surface area contributed by atoms with Crippen molar-refractivity contribution in [1.29, 1.82) is 0 Å². The first-order valence-corrected chi connectivity index (χ1v) is 9.51. The van der Waals surface area contributed by atoms with E-state index in [9.17, 15) is 9.90 Å². The topological polar surface area (TPSA) is 37.0 Å². The van der Waals surface area contributed by atoms with Gasteiger partial charge in [0, 0.05) is 0 Å². The van der Waals surface area contributed by atoms with Crippen LogP contribution in [-0.2, 0) is 9.90 Å². The van der Waals surface area contributed by atoms with Crippen LogP contribution in [0.2, 0.25) is 0 Å². The van der Waals surface area contributed by atoms with Gasteiger partial charge in [-0.3, -0.25) is 0 Å². The van der Waals surface area contributed by atoms with Gasteiger partial charge in [-0.15, -0.1) is 0 Å². The van der Waals surface area contributed by atoms with Crippen LogP contribution in [0.15, 0.2) is 0 Å². The number of hydrogen-bond donors (Lipinski definition) is 0. The predicted molar refractivity (Wildman–Crippen MR) is 94.2 cm³/mol. The summed E-state index contributed by atoms with van der Waals surface area (Å²) < 4.78 is 0. The molecule has 3 atom stereocenters. The maximum Gasteiger partial charge on any atom is 0.355 e. The zero-order chi connectivity index (χ0) is 17.0. The van der Waals surface area contributed by atoms with Gasteiger partial charge in [0.15, 0.2) is 0 Å². The number of rotatable bonds is 14.